The first-order chi connectivity index (χ1) is 8.29. The van der Waals surface area contributed by atoms with Crippen molar-refractivity contribution in [3.63, 3.8) is 0 Å². The largest absolute Gasteiger partial charge is 0.369 e. The van der Waals surface area contributed by atoms with Crippen molar-refractivity contribution in [3.8, 4) is 0 Å². The molecule has 94 valence electrons. The van der Waals surface area contributed by atoms with Crippen LogP contribution in [-0.2, 0) is 4.74 Å². The van der Waals surface area contributed by atoms with E-state index in [9.17, 15) is 0 Å². The molecule has 17 heavy (non-hydrogen) atoms. The molecule has 0 radical (unpaired) electrons. The Morgan fingerprint density at radius 2 is 2.06 bits per heavy atom. The Bertz CT molecular complexity index is 350. The summed E-state index contributed by atoms with van der Waals surface area (Å²) in [7, 11) is 0. The number of ether oxygens (including phenoxy) is 1. The molecule has 1 saturated carbocycles. The van der Waals surface area contributed by atoms with E-state index in [0.717, 1.165) is 4.47 Å². The molecule has 1 aliphatic carbocycles. The van der Waals surface area contributed by atoms with E-state index in [1.165, 1.54) is 37.7 Å². The van der Waals surface area contributed by atoms with E-state index in [0.29, 0.717) is 12.6 Å². The van der Waals surface area contributed by atoms with Crippen molar-refractivity contribution < 1.29 is 4.74 Å². The second-order valence-electron chi connectivity index (χ2n) is 4.68. The molecule has 1 aliphatic rings. The first-order valence-electron chi connectivity index (χ1n) is 6.40. The first kappa shape index (κ1) is 13.1. The molecule has 0 aromatic heterocycles. The Morgan fingerprint density at radius 1 is 1.29 bits per heavy atom. The lowest BCUT2D eigenvalue weighted by atomic mass is 9.97. The summed E-state index contributed by atoms with van der Waals surface area (Å²) >= 11 is 3.49. The Morgan fingerprint density at radius 3 is 2.71 bits per heavy atom. The summed E-state index contributed by atoms with van der Waals surface area (Å²) in [5, 5.41) is 0. The summed E-state index contributed by atoms with van der Waals surface area (Å²) in [5.41, 5.74) is 7.01. The Kier molecular flexibility index (Phi) is 5.01. The van der Waals surface area contributed by atoms with Gasteiger partial charge in [-0.2, -0.15) is 0 Å². The maximum Gasteiger partial charge on any atom is 0.0951 e. The fourth-order valence-electron chi connectivity index (χ4n) is 2.41. The summed E-state index contributed by atoms with van der Waals surface area (Å²) < 4.78 is 7.22. The van der Waals surface area contributed by atoms with Gasteiger partial charge in [-0.1, -0.05) is 47.3 Å². The average Bonchev–Trinajstić information content (AvgIpc) is 2.37. The second kappa shape index (κ2) is 6.53. The highest BCUT2D eigenvalue weighted by molar-refractivity contribution is 9.10. The highest BCUT2D eigenvalue weighted by atomic mass is 79.9. The van der Waals surface area contributed by atoms with E-state index in [-0.39, 0.29) is 6.10 Å². The minimum Gasteiger partial charge on any atom is -0.369 e. The van der Waals surface area contributed by atoms with Crippen LogP contribution >= 0.6 is 15.9 Å². The van der Waals surface area contributed by atoms with Gasteiger partial charge >= 0.3 is 0 Å². The third-order valence-electron chi connectivity index (χ3n) is 3.34. The minimum absolute atomic E-state index is 0.0376. The number of benzene rings is 1. The number of rotatable bonds is 4. The van der Waals surface area contributed by atoms with Crippen LogP contribution in [0, 0.1) is 0 Å². The number of nitrogens with two attached hydrogens (primary N) is 1. The minimum atomic E-state index is 0.0376. The van der Waals surface area contributed by atoms with Crippen LogP contribution < -0.4 is 5.73 Å². The SMILES string of the molecule is NCC(OC1CCCCC1)c1cccc(Br)c1. The maximum absolute atomic E-state index is 6.14. The van der Waals surface area contributed by atoms with E-state index in [2.05, 4.69) is 28.1 Å². The molecule has 0 aliphatic heterocycles. The predicted molar refractivity (Wildman–Crippen MR) is 73.9 cm³/mol. The third-order valence-corrected chi connectivity index (χ3v) is 3.84. The van der Waals surface area contributed by atoms with Gasteiger partial charge in [0.1, 0.15) is 0 Å². The zero-order chi connectivity index (χ0) is 12.1. The summed E-state index contributed by atoms with van der Waals surface area (Å²) in [6.45, 7) is 0.549. The fraction of sp³-hybridized carbons (Fsp3) is 0.571. The molecular formula is C14H20BrNO. The van der Waals surface area contributed by atoms with E-state index in [1.54, 1.807) is 0 Å². The van der Waals surface area contributed by atoms with Crippen molar-refractivity contribution in [2.75, 3.05) is 6.54 Å². The molecule has 1 fully saturated rings. The van der Waals surface area contributed by atoms with Crippen LogP contribution in [0.5, 0.6) is 0 Å². The number of hydrogen-bond acceptors (Lipinski definition) is 2. The zero-order valence-corrected chi connectivity index (χ0v) is 11.7. The van der Waals surface area contributed by atoms with E-state index in [1.807, 2.05) is 12.1 Å². The van der Waals surface area contributed by atoms with Crippen molar-refractivity contribution in [1.82, 2.24) is 0 Å². The van der Waals surface area contributed by atoms with Crippen LogP contribution in [0.1, 0.15) is 43.8 Å². The molecule has 2 nitrogen and oxygen atoms in total. The second-order valence-corrected chi connectivity index (χ2v) is 5.59. The molecule has 2 rings (SSSR count). The molecule has 1 atom stereocenters. The normalized spacial score (nSPS) is 19.2. The molecule has 3 heteroatoms. The Hall–Kier alpha value is -0.380. The van der Waals surface area contributed by atoms with Crippen LogP contribution in [-0.4, -0.2) is 12.6 Å². The number of halogens is 1. The maximum atomic E-state index is 6.14. The first-order valence-corrected chi connectivity index (χ1v) is 7.20. The molecule has 0 bridgehead atoms. The van der Waals surface area contributed by atoms with Gasteiger partial charge in [0, 0.05) is 11.0 Å². The molecule has 0 saturated heterocycles. The van der Waals surface area contributed by atoms with Gasteiger partial charge in [0.25, 0.3) is 0 Å². The highest BCUT2D eigenvalue weighted by Crippen LogP contribution is 2.27. The highest BCUT2D eigenvalue weighted by Gasteiger charge is 2.19. The van der Waals surface area contributed by atoms with Crippen LogP contribution in [0.25, 0.3) is 0 Å². The fourth-order valence-corrected chi connectivity index (χ4v) is 2.83. The van der Waals surface area contributed by atoms with E-state index >= 15 is 0 Å². The molecule has 2 N–H and O–H groups in total. The lowest BCUT2D eigenvalue weighted by Gasteiger charge is -2.27. The molecule has 0 heterocycles. The zero-order valence-electron chi connectivity index (χ0n) is 10.1. The van der Waals surface area contributed by atoms with Crippen molar-refractivity contribution in [1.29, 1.82) is 0 Å². The van der Waals surface area contributed by atoms with Gasteiger partial charge in [0.05, 0.1) is 12.2 Å². The molecule has 0 amide bonds. The van der Waals surface area contributed by atoms with Gasteiger partial charge in [-0.3, -0.25) is 0 Å². The van der Waals surface area contributed by atoms with Gasteiger partial charge in [0.15, 0.2) is 0 Å². The quantitative estimate of drug-likeness (QED) is 0.917. The third kappa shape index (κ3) is 3.80. The van der Waals surface area contributed by atoms with Gasteiger partial charge in [-0.25, -0.2) is 0 Å². The summed E-state index contributed by atoms with van der Waals surface area (Å²) in [5.74, 6) is 0. The van der Waals surface area contributed by atoms with Gasteiger partial charge in [0.2, 0.25) is 0 Å². The molecule has 1 unspecified atom stereocenters. The topological polar surface area (TPSA) is 35.2 Å². The lowest BCUT2D eigenvalue weighted by molar-refractivity contribution is -0.0269. The lowest BCUT2D eigenvalue weighted by Crippen LogP contribution is -2.24. The van der Waals surface area contributed by atoms with Crippen LogP contribution in [0.2, 0.25) is 0 Å². The summed E-state index contributed by atoms with van der Waals surface area (Å²) in [4.78, 5) is 0. The van der Waals surface area contributed by atoms with E-state index in [4.69, 9.17) is 10.5 Å². The predicted octanol–water partition coefficient (Wildman–Crippen LogP) is 3.80. The van der Waals surface area contributed by atoms with Crippen molar-refractivity contribution in [3.05, 3.63) is 34.3 Å². The van der Waals surface area contributed by atoms with Crippen LogP contribution in [0.15, 0.2) is 28.7 Å². The molecular weight excluding hydrogens is 278 g/mol. The summed E-state index contributed by atoms with van der Waals surface area (Å²) in [6.07, 6.45) is 6.74. The monoisotopic (exact) mass is 297 g/mol. The average molecular weight is 298 g/mol. The van der Waals surface area contributed by atoms with Crippen LogP contribution in [0.4, 0.5) is 0 Å². The molecule has 0 spiro atoms. The smallest absolute Gasteiger partial charge is 0.0951 e. The molecule has 1 aromatic carbocycles. The summed E-state index contributed by atoms with van der Waals surface area (Å²) in [6, 6.07) is 8.25. The van der Waals surface area contributed by atoms with Gasteiger partial charge in [-0.05, 0) is 30.5 Å². The Balaban J connectivity index is 2.00. The van der Waals surface area contributed by atoms with Gasteiger partial charge < -0.3 is 10.5 Å². The van der Waals surface area contributed by atoms with Crippen LogP contribution in [0.3, 0.4) is 0 Å². The van der Waals surface area contributed by atoms with Crippen molar-refractivity contribution in [2.24, 2.45) is 5.73 Å². The molecule has 1 aromatic rings. The standard InChI is InChI=1S/C14H20BrNO/c15-12-6-4-5-11(9-12)14(10-16)17-13-7-2-1-3-8-13/h4-6,9,13-14H,1-3,7-8,10,16H2. The van der Waals surface area contributed by atoms with Gasteiger partial charge in [-0.15, -0.1) is 0 Å². The number of hydrogen-bond donors (Lipinski definition) is 1. The van der Waals surface area contributed by atoms with E-state index < -0.39 is 0 Å². The van der Waals surface area contributed by atoms with Crippen molar-refractivity contribution in [2.45, 2.75) is 44.3 Å². The van der Waals surface area contributed by atoms with Crippen molar-refractivity contribution >= 4 is 15.9 Å². The Labute approximate surface area is 112 Å².